The summed E-state index contributed by atoms with van der Waals surface area (Å²) in [6.07, 6.45) is 1.04. The van der Waals surface area contributed by atoms with Crippen LogP contribution in [0.3, 0.4) is 0 Å². The third kappa shape index (κ3) is 3.39. The first kappa shape index (κ1) is 17.2. The second-order valence-electron chi connectivity index (χ2n) is 5.88. The summed E-state index contributed by atoms with van der Waals surface area (Å²) in [5, 5.41) is 9.36. The molecular weight excluding hydrogens is 330 g/mol. The van der Waals surface area contributed by atoms with Crippen molar-refractivity contribution in [1.29, 1.82) is 5.26 Å². The van der Waals surface area contributed by atoms with Crippen LogP contribution in [0.25, 0.3) is 0 Å². The molecule has 0 saturated carbocycles. The van der Waals surface area contributed by atoms with Crippen molar-refractivity contribution < 1.29 is 17.9 Å². The molecule has 3 rings (SSSR count). The second-order valence-corrected chi connectivity index (χ2v) is 7.73. The third-order valence-corrected chi connectivity index (χ3v) is 6.39. The Morgan fingerprint density at radius 3 is 2.58 bits per heavy atom. The van der Waals surface area contributed by atoms with E-state index >= 15 is 0 Å². The maximum atomic E-state index is 12.6. The van der Waals surface area contributed by atoms with Gasteiger partial charge in [0.15, 0.2) is 5.60 Å². The molecule has 0 aromatic heterocycles. The van der Waals surface area contributed by atoms with Crippen LogP contribution in [0.2, 0.25) is 0 Å². The van der Waals surface area contributed by atoms with Gasteiger partial charge in [0.05, 0.1) is 31.6 Å². The fraction of sp³-hybridized carbons (Fsp3) is 0.562. The zero-order chi connectivity index (χ0) is 17.0. The first-order valence-corrected chi connectivity index (χ1v) is 9.43. The molecule has 0 spiro atoms. The summed E-state index contributed by atoms with van der Waals surface area (Å²) in [5.41, 5.74) is -0.181. The Bertz CT molecular complexity index is 696. The molecule has 1 aromatic rings. The third-order valence-electron chi connectivity index (χ3n) is 4.42. The van der Waals surface area contributed by atoms with Gasteiger partial charge in [0.2, 0.25) is 0 Å². The molecule has 0 amide bonds. The molecular formula is C16H21N3O4S. The van der Waals surface area contributed by atoms with Gasteiger partial charge in [-0.25, -0.2) is 0 Å². The Morgan fingerprint density at radius 1 is 1.21 bits per heavy atom. The summed E-state index contributed by atoms with van der Waals surface area (Å²) in [6.45, 7) is 2.28. The minimum atomic E-state index is -3.53. The van der Waals surface area contributed by atoms with Gasteiger partial charge in [-0.3, -0.25) is 4.31 Å². The van der Waals surface area contributed by atoms with Crippen molar-refractivity contribution in [3.63, 3.8) is 0 Å². The molecule has 2 saturated heterocycles. The molecule has 24 heavy (non-hydrogen) atoms. The highest BCUT2D eigenvalue weighted by Crippen LogP contribution is 2.26. The van der Waals surface area contributed by atoms with Crippen LogP contribution in [-0.4, -0.2) is 57.8 Å². The summed E-state index contributed by atoms with van der Waals surface area (Å²) in [4.78, 5) is 0. The van der Waals surface area contributed by atoms with E-state index in [0.717, 1.165) is 0 Å². The van der Waals surface area contributed by atoms with Crippen molar-refractivity contribution in [3.05, 3.63) is 30.3 Å². The minimum Gasteiger partial charge on any atom is -0.381 e. The molecule has 7 nitrogen and oxygen atoms in total. The Kier molecular flexibility index (Phi) is 5.06. The van der Waals surface area contributed by atoms with Gasteiger partial charge in [0.1, 0.15) is 0 Å². The van der Waals surface area contributed by atoms with Crippen LogP contribution in [0.1, 0.15) is 12.8 Å². The molecule has 2 aliphatic heterocycles. The van der Waals surface area contributed by atoms with Crippen molar-refractivity contribution in [1.82, 2.24) is 4.31 Å². The Hall–Kier alpha value is -1.66. The lowest BCUT2D eigenvalue weighted by Gasteiger charge is -2.31. The predicted octanol–water partition coefficient (Wildman–Crippen LogP) is 1.14. The van der Waals surface area contributed by atoms with E-state index in [0.29, 0.717) is 44.8 Å². The fourth-order valence-electron chi connectivity index (χ4n) is 2.99. The Balaban J connectivity index is 1.60. The van der Waals surface area contributed by atoms with E-state index in [2.05, 4.69) is 6.07 Å². The molecule has 130 valence electrons. The molecule has 2 aliphatic rings. The van der Waals surface area contributed by atoms with E-state index in [9.17, 15) is 13.7 Å². The summed E-state index contributed by atoms with van der Waals surface area (Å²) >= 11 is 0. The van der Waals surface area contributed by atoms with Gasteiger partial charge >= 0.3 is 10.2 Å². The number of anilines is 1. The van der Waals surface area contributed by atoms with Gasteiger partial charge < -0.3 is 9.47 Å². The van der Waals surface area contributed by atoms with Crippen LogP contribution < -0.4 is 4.31 Å². The van der Waals surface area contributed by atoms with Crippen molar-refractivity contribution >= 4 is 15.9 Å². The molecule has 0 N–H and O–H groups in total. The van der Waals surface area contributed by atoms with Gasteiger partial charge in [-0.2, -0.15) is 18.0 Å². The highest BCUT2D eigenvalue weighted by atomic mass is 32.2. The van der Waals surface area contributed by atoms with Gasteiger partial charge in [-0.15, -0.1) is 0 Å². The first-order valence-electron chi connectivity index (χ1n) is 8.03. The normalized spacial score (nSPS) is 23.0. The van der Waals surface area contributed by atoms with E-state index in [4.69, 9.17) is 9.47 Å². The number of ether oxygens (including phenoxy) is 2. The van der Waals surface area contributed by atoms with Crippen LogP contribution in [0.15, 0.2) is 30.3 Å². The molecule has 0 unspecified atom stereocenters. The number of benzene rings is 1. The number of rotatable bonds is 5. The van der Waals surface area contributed by atoms with Gasteiger partial charge in [0, 0.05) is 32.5 Å². The molecule has 0 radical (unpaired) electrons. The lowest BCUT2D eigenvalue weighted by atomic mass is 9.96. The smallest absolute Gasteiger partial charge is 0.304 e. The molecule has 2 fully saturated rings. The van der Waals surface area contributed by atoms with E-state index in [1.165, 1.54) is 8.61 Å². The quantitative estimate of drug-likeness (QED) is 0.794. The number of para-hydroxylation sites is 1. The highest BCUT2D eigenvalue weighted by molar-refractivity contribution is 7.90. The topological polar surface area (TPSA) is 82.9 Å². The van der Waals surface area contributed by atoms with E-state index in [-0.39, 0.29) is 13.2 Å². The molecule has 0 bridgehead atoms. The van der Waals surface area contributed by atoms with Crippen molar-refractivity contribution in [2.75, 3.05) is 43.8 Å². The van der Waals surface area contributed by atoms with E-state index in [1.54, 1.807) is 12.1 Å². The standard InChI is InChI=1S/C16H21N3O4S/c17-14-16(6-11-22-12-7-16)23-13-10-18-8-9-19(24(18,20)21)15-4-2-1-3-5-15/h1-5H,6-13H2. The Morgan fingerprint density at radius 2 is 1.92 bits per heavy atom. The van der Waals surface area contributed by atoms with E-state index < -0.39 is 15.8 Å². The average molecular weight is 351 g/mol. The van der Waals surface area contributed by atoms with Gasteiger partial charge in [-0.05, 0) is 12.1 Å². The lowest BCUT2D eigenvalue weighted by Crippen LogP contribution is -2.41. The summed E-state index contributed by atoms with van der Waals surface area (Å²) in [6, 6.07) is 11.3. The van der Waals surface area contributed by atoms with Crippen LogP contribution in [0.5, 0.6) is 0 Å². The van der Waals surface area contributed by atoms with Crippen LogP contribution >= 0.6 is 0 Å². The largest absolute Gasteiger partial charge is 0.381 e. The molecule has 0 atom stereocenters. The predicted molar refractivity (Wildman–Crippen MR) is 88.6 cm³/mol. The first-order chi connectivity index (χ1) is 11.6. The van der Waals surface area contributed by atoms with Crippen LogP contribution in [0, 0.1) is 11.3 Å². The minimum absolute atomic E-state index is 0.204. The van der Waals surface area contributed by atoms with Crippen LogP contribution in [0.4, 0.5) is 5.69 Å². The lowest BCUT2D eigenvalue weighted by molar-refractivity contribution is -0.0768. The number of hydrogen-bond donors (Lipinski definition) is 0. The summed E-state index contributed by atoms with van der Waals surface area (Å²) in [7, 11) is -3.53. The molecule has 0 aliphatic carbocycles. The highest BCUT2D eigenvalue weighted by Gasteiger charge is 2.38. The van der Waals surface area contributed by atoms with Crippen molar-refractivity contribution in [2.24, 2.45) is 0 Å². The maximum absolute atomic E-state index is 12.6. The van der Waals surface area contributed by atoms with Gasteiger partial charge in [0.25, 0.3) is 0 Å². The molecule has 2 heterocycles. The second kappa shape index (κ2) is 7.07. The fourth-order valence-corrected chi connectivity index (χ4v) is 4.59. The molecule has 8 heteroatoms. The number of nitriles is 1. The summed E-state index contributed by atoms with van der Waals surface area (Å²) < 4.78 is 39.1. The average Bonchev–Trinajstić information content (AvgIpc) is 2.91. The van der Waals surface area contributed by atoms with Gasteiger partial charge in [-0.1, -0.05) is 18.2 Å². The number of hydrogen-bond acceptors (Lipinski definition) is 5. The van der Waals surface area contributed by atoms with Crippen molar-refractivity contribution in [3.8, 4) is 6.07 Å². The Labute approximate surface area is 142 Å². The monoisotopic (exact) mass is 351 g/mol. The number of nitrogens with zero attached hydrogens (tertiary/aromatic N) is 3. The molecule has 1 aromatic carbocycles. The SMILES string of the molecule is N#CC1(OCCN2CCN(c3ccccc3)S2(=O)=O)CCOCC1. The maximum Gasteiger partial charge on any atom is 0.304 e. The zero-order valence-electron chi connectivity index (χ0n) is 13.4. The summed E-state index contributed by atoms with van der Waals surface area (Å²) in [5.74, 6) is 0. The van der Waals surface area contributed by atoms with E-state index in [1.807, 2.05) is 18.2 Å². The van der Waals surface area contributed by atoms with Crippen LogP contribution in [-0.2, 0) is 19.7 Å². The van der Waals surface area contributed by atoms with Crippen molar-refractivity contribution in [2.45, 2.75) is 18.4 Å². The zero-order valence-corrected chi connectivity index (χ0v) is 14.2.